The maximum absolute atomic E-state index is 12.8. The van der Waals surface area contributed by atoms with Gasteiger partial charge in [0.25, 0.3) is 0 Å². The van der Waals surface area contributed by atoms with Crippen molar-refractivity contribution in [3.63, 3.8) is 0 Å². The molecule has 118 valence electrons. The van der Waals surface area contributed by atoms with Gasteiger partial charge in [-0.2, -0.15) is 18.4 Å². The molecule has 1 aromatic carbocycles. The highest BCUT2D eigenvalue weighted by Gasteiger charge is 2.36. The number of amides is 1. The number of nitriles is 1. The van der Waals surface area contributed by atoms with Crippen molar-refractivity contribution in [2.45, 2.75) is 19.2 Å². The first-order chi connectivity index (χ1) is 10.2. The summed E-state index contributed by atoms with van der Waals surface area (Å²) in [4.78, 5) is 23.3. The molecule has 1 amide bonds. The van der Waals surface area contributed by atoms with Crippen LogP contribution in [0.3, 0.4) is 0 Å². The number of halogens is 3. The van der Waals surface area contributed by atoms with Crippen molar-refractivity contribution in [1.82, 2.24) is 5.32 Å². The van der Waals surface area contributed by atoms with Gasteiger partial charge in [-0.25, -0.2) is 0 Å². The summed E-state index contributed by atoms with van der Waals surface area (Å²) in [5.41, 5.74) is -1.04. The van der Waals surface area contributed by atoms with Crippen LogP contribution in [0.1, 0.15) is 12.5 Å². The number of ether oxygens (including phenoxy) is 1. The molecule has 5 nitrogen and oxygen atoms in total. The molecule has 22 heavy (non-hydrogen) atoms. The van der Waals surface area contributed by atoms with Crippen LogP contribution < -0.4 is 10.1 Å². The van der Waals surface area contributed by atoms with E-state index < -0.39 is 41.2 Å². The Labute approximate surface area is 124 Å². The van der Waals surface area contributed by atoms with Gasteiger partial charge >= 0.3 is 6.18 Å². The van der Waals surface area contributed by atoms with Gasteiger partial charge in [0.1, 0.15) is 5.75 Å². The third kappa shape index (κ3) is 3.97. The lowest BCUT2D eigenvalue weighted by molar-refractivity contribution is -0.142. The van der Waals surface area contributed by atoms with E-state index in [-0.39, 0.29) is 0 Å². The summed E-state index contributed by atoms with van der Waals surface area (Å²) in [6.45, 7) is 1.18. The zero-order valence-electron chi connectivity index (χ0n) is 11.8. The molecular formula is C14H13F3N2O3. The van der Waals surface area contributed by atoms with Crippen LogP contribution >= 0.6 is 0 Å². The molecule has 1 aromatic rings. The number of para-hydroxylation sites is 1. The number of nitrogens with one attached hydrogen (secondary N) is 1. The molecular weight excluding hydrogens is 301 g/mol. The molecule has 1 rings (SSSR count). The molecule has 8 heteroatoms. The molecule has 0 aliphatic heterocycles. The summed E-state index contributed by atoms with van der Waals surface area (Å²) in [5, 5.41) is 11.0. The van der Waals surface area contributed by atoms with Crippen molar-refractivity contribution in [1.29, 1.82) is 5.26 Å². The maximum atomic E-state index is 12.8. The van der Waals surface area contributed by atoms with E-state index in [0.717, 1.165) is 12.1 Å². The van der Waals surface area contributed by atoms with Crippen LogP contribution in [0, 0.1) is 17.2 Å². The van der Waals surface area contributed by atoms with E-state index in [4.69, 9.17) is 10.00 Å². The van der Waals surface area contributed by atoms with Gasteiger partial charge in [0, 0.05) is 7.05 Å². The molecule has 0 saturated heterocycles. The molecule has 0 fully saturated rings. The third-order valence-corrected chi connectivity index (χ3v) is 2.82. The Morgan fingerprint density at radius 2 is 1.91 bits per heavy atom. The van der Waals surface area contributed by atoms with Crippen LogP contribution in [-0.4, -0.2) is 24.8 Å². The number of alkyl halides is 3. The van der Waals surface area contributed by atoms with Gasteiger partial charge in [-0.1, -0.05) is 12.1 Å². The first-order valence-electron chi connectivity index (χ1n) is 6.20. The maximum Gasteiger partial charge on any atom is 0.419 e. The van der Waals surface area contributed by atoms with E-state index in [9.17, 15) is 22.8 Å². The molecule has 0 heterocycles. The fourth-order valence-electron chi connectivity index (χ4n) is 1.68. The number of nitrogens with zero attached hydrogens (tertiary/aromatic N) is 1. The lowest BCUT2D eigenvalue weighted by atomic mass is 10.0. The van der Waals surface area contributed by atoms with E-state index in [1.54, 1.807) is 0 Å². The zero-order chi connectivity index (χ0) is 16.9. The zero-order valence-corrected chi connectivity index (χ0v) is 11.8. The number of carbonyl (C=O) groups excluding carboxylic acids is 2. The van der Waals surface area contributed by atoms with Crippen LogP contribution in [0.2, 0.25) is 0 Å². The van der Waals surface area contributed by atoms with Crippen molar-refractivity contribution in [3.05, 3.63) is 29.8 Å². The van der Waals surface area contributed by atoms with Gasteiger partial charge in [0.05, 0.1) is 11.6 Å². The van der Waals surface area contributed by atoms with Crippen molar-refractivity contribution in [2.24, 2.45) is 5.92 Å². The minimum absolute atomic E-state index is 0.538. The Bertz CT molecular complexity index is 608. The quantitative estimate of drug-likeness (QED) is 0.842. The molecule has 0 aliphatic rings. The predicted octanol–water partition coefficient (Wildman–Crippen LogP) is 1.93. The van der Waals surface area contributed by atoms with E-state index >= 15 is 0 Å². The number of hydrogen-bond acceptors (Lipinski definition) is 4. The number of carbonyl (C=O) groups is 2. The van der Waals surface area contributed by atoms with Crippen LogP contribution in [0.15, 0.2) is 24.3 Å². The topological polar surface area (TPSA) is 79.2 Å². The molecule has 0 radical (unpaired) electrons. The molecule has 0 spiro atoms. The molecule has 0 aliphatic carbocycles. The molecule has 1 N–H and O–H groups in total. The highest BCUT2D eigenvalue weighted by Crippen LogP contribution is 2.36. The predicted molar refractivity (Wildman–Crippen MR) is 69.7 cm³/mol. The summed E-state index contributed by atoms with van der Waals surface area (Å²) in [7, 11) is 1.24. The smallest absolute Gasteiger partial charge is 0.419 e. The number of benzene rings is 1. The first kappa shape index (κ1) is 17.5. The number of Topliss-reactive ketones (excluding diaryl/α,β-unsaturated/α-hetero) is 1. The summed E-state index contributed by atoms with van der Waals surface area (Å²) in [5.74, 6) is -3.94. The minimum Gasteiger partial charge on any atom is -0.482 e. The first-order valence-corrected chi connectivity index (χ1v) is 6.20. The van der Waals surface area contributed by atoms with Gasteiger partial charge in [0.2, 0.25) is 5.91 Å². The summed E-state index contributed by atoms with van der Waals surface area (Å²) < 4.78 is 43.5. The van der Waals surface area contributed by atoms with Gasteiger partial charge < -0.3 is 10.1 Å². The van der Waals surface area contributed by atoms with E-state index in [0.29, 0.717) is 0 Å². The second kappa shape index (κ2) is 6.93. The Kier molecular flexibility index (Phi) is 5.51. The fourth-order valence-corrected chi connectivity index (χ4v) is 1.68. The Balaban J connectivity index is 2.99. The fraction of sp³-hybridized carbons (Fsp3) is 0.357. The van der Waals surface area contributed by atoms with Crippen LogP contribution in [0.4, 0.5) is 13.2 Å². The second-order valence-corrected chi connectivity index (χ2v) is 4.33. The average molecular weight is 314 g/mol. The lowest BCUT2D eigenvalue weighted by Crippen LogP contribution is -2.39. The summed E-state index contributed by atoms with van der Waals surface area (Å²) in [6, 6.07) is 5.88. The largest absolute Gasteiger partial charge is 0.482 e. The minimum atomic E-state index is -4.64. The second-order valence-electron chi connectivity index (χ2n) is 4.33. The van der Waals surface area contributed by atoms with Gasteiger partial charge in [-0.15, -0.1) is 0 Å². The van der Waals surface area contributed by atoms with Crippen molar-refractivity contribution in [2.75, 3.05) is 7.05 Å². The van der Waals surface area contributed by atoms with Crippen molar-refractivity contribution in [3.8, 4) is 11.8 Å². The third-order valence-electron chi connectivity index (χ3n) is 2.82. The molecule has 0 unspecified atom stereocenters. The highest BCUT2D eigenvalue weighted by atomic mass is 19.4. The SMILES string of the molecule is CNC(=O)[C@@H](C#N)C(=O)[C@H](C)Oc1ccccc1C(F)(F)F. The Hall–Kier alpha value is -2.56. The normalized spacial score (nSPS) is 13.6. The molecule has 2 atom stereocenters. The molecule has 0 bridgehead atoms. The summed E-state index contributed by atoms with van der Waals surface area (Å²) >= 11 is 0. The number of ketones is 1. The lowest BCUT2D eigenvalue weighted by Gasteiger charge is -2.19. The standard InChI is InChI=1S/C14H13F3N2O3/c1-8(12(20)9(7-18)13(21)19-2)22-11-6-4-3-5-10(11)14(15,16)17/h3-6,8-9H,1-2H3,(H,19,21)/t8-,9-/m0/s1. The van der Waals surface area contributed by atoms with Crippen molar-refractivity contribution >= 4 is 11.7 Å². The van der Waals surface area contributed by atoms with Gasteiger partial charge in [0.15, 0.2) is 17.8 Å². The van der Waals surface area contributed by atoms with Crippen LogP contribution in [-0.2, 0) is 15.8 Å². The Morgan fingerprint density at radius 3 is 2.41 bits per heavy atom. The number of hydrogen-bond donors (Lipinski definition) is 1. The van der Waals surface area contributed by atoms with Crippen LogP contribution in [0.25, 0.3) is 0 Å². The Morgan fingerprint density at radius 1 is 1.32 bits per heavy atom. The van der Waals surface area contributed by atoms with Gasteiger partial charge in [-0.05, 0) is 19.1 Å². The average Bonchev–Trinajstić information content (AvgIpc) is 2.46. The highest BCUT2D eigenvalue weighted by molar-refractivity contribution is 6.05. The summed E-state index contributed by atoms with van der Waals surface area (Å²) in [6.07, 6.45) is -6.03. The molecule has 0 saturated carbocycles. The van der Waals surface area contributed by atoms with Gasteiger partial charge in [-0.3, -0.25) is 9.59 Å². The van der Waals surface area contributed by atoms with E-state index in [2.05, 4.69) is 5.32 Å². The monoisotopic (exact) mass is 314 g/mol. The van der Waals surface area contributed by atoms with Crippen molar-refractivity contribution < 1.29 is 27.5 Å². The van der Waals surface area contributed by atoms with E-state index in [1.165, 1.54) is 32.2 Å². The van der Waals surface area contributed by atoms with Crippen LogP contribution in [0.5, 0.6) is 5.75 Å². The van der Waals surface area contributed by atoms with E-state index in [1.807, 2.05) is 0 Å². The molecule has 0 aromatic heterocycles. The number of rotatable bonds is 5.